The van der Waals surface area contributed by atoms with Gasteiger partial charge in [-0.3, -0.25) is 14.9 Å². The molecule has 1 rings (SSSR count). The number of hydrogen-bond donors (Lipinski definition) is 1. The van der Waals surface area contributed by atoms with Gasteiger partial charge in [0.2, 0.25) is 0 Å². The van der Waals surface area contributed by atoms with Crippen molar-refractivity contribution in [2.75, 3.05) is 0 Å². The predicted molar refractivity (Wildman–Crippen MR) is 45.3 cm³/mol. The molecular formula is C9H13NO2. The van der Waals surface area contributed by atoms with Crippen LogP contribution in [0.15, 0.2) is 11.1 Å². The Balaban J connectivity index is 3.09. The lowest BCUT2D eigenvalue weighted by molar-refractivity contribution is -0.124. The Morgan fingerprint density at radius 3 is 2.17 bits per heavy atom. The number of carbonyl (C=O) groups is 2. The molecule has 0 saturated carbocycles. The first-order valence-corrected chi connectivity index (χ1v) is 4.16. The summed E-state index contributed by atoms with van der Waals surface area (Å²) in [5, 5.41) is 2.30. The molecule has 2 amide bonds. The third-order valence-electron chi connectivity index (χ3n) is 2.00. The van der Waals surface area contributed by atoms with Gasteiger partial charge in [-0.25, -0.2) is 0 Å². The highest BCUT2D eigenvalue weighted by Crippen LogP contribution is 2.22. The second kappa shape index (κ2) is 3.09. The van der Waals surface area contributed by atoms with Crippen molar-refractivity contribution in [2.24, 2.45) is 5.92 Å². The molecular weight excluding hydrogens is 154 g/mol. The first kappa shape index (κ1) is 8.97. The van der Waals surface area contributed by atoms with E-state index in [1.807, 2.05) is 20.8 Å². The van der Waals surface area contributed by atoms with Crippen molar-refractivity contribution in [1.82, 2.24) is 5.32 Å². The van der Waals surface area contributed by atoms with Crippen LogP contribution in [0.2, 0.25) is 0 Å². The van der Waals surface area contributed by atoms with Crippen molar-refractivity contribution < 1.29 is 9.59 Å². The smallest absolute Gasteiger partial charge is 0.254 e. The first-order valence-electron chi connectivity index (χ1n) is 4.16. The topological polar surface area (TPSA) is 46.2 Å². The molecule has 1 heterocycles. The summed E-state index contributed by atoms with van der Waals surface area (Å²) in [7, 11) is 0. The second-order valence-electron chi connectivity index (χ2n) is 3.18. The minimum absolute atomic E-state index is 0.131. The number of imide groups is 1. The van der Waals surface area contributed by atoms with Crippen LogP contribution in [0.3, 0.4) is 0 Å². The largest absolute Gasteiger partial charge is 0.289 e. The lowest BCUT2D eigenvalue weighted by atomic mass is 9.98. The number of carbonyl (C=O) groups excluding carboxylic acids is 2. The van der Waals surface area contributed by atoms with Crippen LogP contribution >= 0.6 is 0 Å². The Bertz CT molecular complexity index is 264. The molecule has 1 N–H and O–H groups in total. The van der Waals surface area contributed by atoms with Gasteiger partial charge < -0.3 is 0 Å². The summed E-state index contributed by atoms with van der Waals surface area (Å²) in [4.78, 5) is 22.3. The van der Waals surface area contributed by atoms with E-state index < -0.39 is 0 Å². The highest BCUT2D eigenvalue weighted by Gasteiger charge is 2.29. The maximum Gasteiger partial charge on any atom is 0.254 e. The standard InChI is InChI=1S/C9H13NO2/c1-4-6-7(5(2)3)9(12)10-8(6)11/h5H,4H2,1-3H3,(H,10,11,12). The minimum Gasteiger partial charge on any atom is -0.289 e. The normalized spacial score (nSPS) is 17.7. The van der Waals surface area contributed by atoms with Crippen molar-refractivity contribution in [2.45, 2.75) is 27.2 Å². The van der Waals surface area contributed by atoms with E-state index in [2.05, 4.69) is 5.32 Å². The fourth-order valence-electron chi connectivity index (χ4n) is 1.47. The summed E-state index contributed by atoms with van der Waals surface area (Å²) in [6, 6.07) is 0. The Hall–Kier alpha value is -1.12. The molecule has 0 fully saturated rings. The van der Waals surface area contributed by atoms with E-state index in [0.29, 0.717) is 17.6 Å². The van der Waals surface area contributed by atoms with Crippen molar-refractivity contribution in [3.63, 3.8) is 0 Å². The Morgan fingerprint density at radius 2 is 1.83 bits per heavy atom. The molecule has 0 spiro atoms. The summed E-state index contributed by atoms with van der Waals surface area (Å²) < 4.78 is 0. The molecule has 3 nitrogen and oxygen atoms in total. The number of rotatable bonds is 2. The monoisotopic (exact) mass is 167 g/mol. The van der Waals surface area contributed by atoms with E-state index >= 15 is 0 Å². The minimum atomic E-state index is -0.216. The SMILES string of the molecule is CCC1=C(C(C)C)C(=O)NC1=O. The molecule has 0 aromatic heterocycles. The highest BCUT2D eigenvalue weighted by molar-refractivity contribution is 6.19. The summed E-state index contributed by atoms with van der Waals surface area (Å²) >= 11 is 0. The van der Waals surface area contributed by atoms with Crippen molar-refractivity contribution >= 4 is 11.8 Å². The van der Waals surface area contributed by atoms with Crippen LogP contribution in [0.4, 0.5) is 0 Å². The molecule has 66 valence electrons. The molecule has 0 radical (unpaired) electrons. The molecule has 0 bridgehead atoms. The lowest BCUT2D eigenvalue weighted by Crippen LogP contribution is -2.23. The zero-order valence-electron chi connectivity index (χ0n) is 7.60. The van der Waals surface area contributed by atoms with E-state index in [-0.39, 0.29) is 17.7 Å². The first-order chi connectivity index (χ1) is 5.57. The Labute approximate surface area is 71.8 Å². The Morgan fingerprint density at radius 1 is 1.25 bits per heavy atom. The number of hydrogen-bond acceptors (Lipinski definition) is 2. The van der Waals surface area contributed by atoms with Gasteiger partial charge >= 0.3 is 0 Å². The van der Waals surface area contributed by atoms with Crippen molar-refractivity contribution in [3.05, 3.63) is 11.1 Å². The molecule has 0 aliphatic carbocycles. The van der Waals surface area contributed by atoms with Crippen molar-refractivity contribution in [1.29, 1.82) is 0 Å². The molecule has 1 aliphatic rings. The summed E-state index contributed by atoms with van der Waals surface area (Å²) in [6.07, 6.45) is 0.630. The van der Waals surface area contributed by atoms with E-state index in [1.54, 1.807) is 0 Å². The molecule has 0 saturated heterocycles. The quantitative estimate of drug-likeness (QED) is 0.624. The maximum atomic E-state index is 11.2. The van der Waals surface area contributed by atoms with Gasteiger partial charge in [-0.2, -0.15) is 0 Å². The molecule has 0 unspecified atom stereocenters. The van der Waals surface area contributed by atoms with E-state index in [1.165, 1.54) is 0 Å². The van der Waals surface area contributed by atoms with Gasteiger partial charge in [0.05, 0.1) is 0 Å². The fraction of sp³-hybridized carbons (Fsp3) is 0.556. The van der Waals surface area contributed by atoms with Gasteiger partial charge in [-0.05, 0) is 12.3 Å². The fourth-order valence-corrected chi connectivity index (χ4v) is 1.47. The van der Waals surface area contributed by atoms with Crippen LogP contribution in [-0.2, 0) is 9.59 Å². The average molecular weight is 167 g/mol. The molecule has 0 aromatic carbocycles. The van der Waals surface area contributed by atoms with E-state index in [9.17, 15) is 9.59 Å². The average Bonchev–Trinajstić information content (AvgIpc) is 2.24. The molecule has 12 heavy (non-hydrogen) atoms. The van der Waals surface area contributed by atoms with E-state index in [0.717, 1.165) is 0 Å². The third-order valence-corrected chi connectivity index (χ3v) is 2.00. The molecule has 0 atom stereocenters. The lowest BCUT2D eigenvalue weighted by Gasteiger charge is -2.04. The summed E-state index contributed by atoms with van der Waals surface area (Å²) in [5.74, 6) is -0.301. The number of amides is 2. The van der Waals surface area contributed by atoms with Crippen LogP contribution in [0.25, 0.3) is 0 Å². The third kappa shape index (κ3) is 1.26. The zero-order valence-corrected chi connectivity index (χ0v) is 7.60. The molecule has 0 aromatic rings. The summed E-state index contributed by atoms with van der Waals surface area (Å²) in [6.45, 7) is 5.72. The second-order valence-corrected chi connectivity index (χ2v) is 3.18. The van der Waals surface area contributed by atoms with Crippen molar-refractivity contribution in [3.8, 4) is 0 Å². The van der Waals surface area contributed by atoms with Crippen LogP contribution in [0.1, 0.15) is 27.2 Å². The van der Waals surface area contributed by atoms with Crippen LogP contribution in [0, 0.1) is 5.92 Å². The number of nitrogens with one attached hydrogen (secondary N) is 1. The molecule has 3 heteroatoms. The predicted octanol–water partition coefficient (Wildman–Crippen LogP) is 1.01. The van der Waals surface area contributed by atoms with Gasteiger partial charge in [-0.15, -0.1) is 0 Å². The van der Waals surface area contributed by atoms with Crippen LogP contribution in [0.5, 0.6) is 0 Å². The van der Waals surface area contributed by atoms with Gasteiger partial charge in [-0.1, -0.05) is 20.8 Å². The zero-order chi connectivity index (χ0) is 9.30. The molecule has 1 aliphatic heterocycles. The maximum absolute atomic E-state index is 11.2. The Kier molecular flexibility index (Phi) is 2.31. The summed E-state index contributed by atoms with van der Waals surface area (Å²) in [5.41, 5.74) is 1.30. The van der Waals surface area contributed by atoms with Gasteiger partial charge in [0.25, 0.3) is 11.8 Å². The highest BCUT2D eigenvalue weighted by atomic mass is 16.2. The van der Waals surface area contributed by atoms with Crippen LogP contribution in [-0.4, -0.2) is 11.8 Å². The van der Waals surface area contributed by atoms with Gasteiger partial charge in [0.15, 0.2) is 0 Å². The van der Waals surface area contributed by atoms with E-state index in [4.69, 9.17) is 0 Å². The van der Waals surface area contributed by atoms with Gasteiger partial charge in [0, 0.05) is 11.1 Å². The van der Waals surface area contributed by atoms with Crippen LogP contribution < -0.4 is 5.32 Å². The van der Waals surface area contributed by atoms with Gasteiger partial charge in [0.1, 0.15) is 0 Å².